The van der Waals surface area contributed by atoms with Crippen molar-refractivity contribution in [2.45, 2.75) is 51.1 Å². The summed E-state index contributed by atoms with van der Waals surface area (Å²) in [6.07, 6.45) is 1.22. The SMILES string of the molecule is CCCC(=O)Nc1cccc(CNC(=O)c2cccc(S(=O)(=O)NC(C)C)c2)c1. The quantitative estimate of drug-likeness (QED) is 0.583. The van der Waals surface area contributed by atoms with Crippen LogP contribution in [-0.4, -0.2) is 26.3 Å². The molecule has 156 valence electrons. The molecule has 0 bridgehead atoms. The maximum absolute atomic E-state index is 12.5. The standard InChI is InChI=1S/C21H27N3O4S/c1-4-7-20(25)23-18-10-5-8-16(12-18)14-22-21(26)17-9-6-11-19(13-17)29(27,28)24-15(2)3/h5-6,8-13,15,24H,4,7,14H2,1-3H3,(H,22,26)(H,23,25). The summed E-state index contributed by atoms with van der Waals surface area (Å²) in [7, 11) is -3.67. The minimum Gasteiger partial charge on any atom is -0.348 e. The number of benzene rings is 2. The lowest BCUT2D eigenvalue weighted by atomic mass is 10.1. The molecule has 0 radical (unpaired) electrons. The van der Waals surface area contributed by atoms with Crippen LogP contribution in [0.2, 0.25) is 0 Å². The van der Waals surface area contributed by atoms with Gasteiger partial charge >= 0.3 is 0 Å². The van der Waals surface area contributed by atoms with Crippen molar-refractivity contribution in [3.63, 3.8) is 0 Å². The second kappa shape index (κ2) is 10.2. The molecule has 0 spiro atoms. The Bertz CT molecular complexity index is 971. The Hall–Kier alpha value is -2.71. The van der Waals surface area contributed by atoms with Gasteiger partial charge in [0.2, 0.25) is 15.9 Å². The van der Waals surface area contributed by atoms with Crippen molar-refractivity contribution in [2.24, 2.45) is 0 Å². The summed E-state index contributed by atoms with van der Waals surface area (Å²) in [5.41, 5.74) is 1.74. The highest BCUT2D eigenvalue weighted by molar-refractivity contribution is 7.89. The molecule has 0 saturated carbocycles. The summed E-state index contributed by atoms with van der Waals surface area (Å²) in [5.74, 6) is -0.436. The third kappa shape index (κ3) is 6.99. The molecule has 3 N–H and O–H groups in total. The van der Waals surface area contributed by atoms with Gasteiger partial charge in [-0.1, -0.05) is 25.1 Å². The number of rotatable bonds is 9. The first-order valence-electron chi connectivity index (χ1n) is 9.50. The summed E-state index contributed by atoms with van der Waals surface area (Å²) in [6, 6.07) is 12.9. The van der Waals surface area contributed by atoms with E-state index in [-0.39, 0.29) is 34.9 Å². The molecule has 7 nitrogen and oxygen atoms in total. The average molecular weight is 418 g/mol. The minimum atomic E-state index is -3.67. The molecule has 0 aliphatic heterocycles. The number of hydrogen-bond acceptors (Lipinski definition) is 4. The summed E-state index contributed by atoms with van der Waals surface area (Å²) in [4.78, 5) is 24.2. The number of anilines is 1. The van der Waals surface area contributed by atoms with Crippen LogP contribution in [0.25, 0.3) is 0 Å². The summed E-state index contributed by atoms with van der Waals surface area (Å²) < 4.78 is 27.1. The highest BCUT2D eigenvalue weighted by Crippen LogP contribution is 2.14. The molecule has 0 aromatic heterocycles. The molecule has 0 unspecified atom stereocenters. The van der Waals surface area contributed by atoms with Crippen molar-refractivity contribution in [2.75, 3.05) is 5.32 Å². The van der Waals surface area contributed by atoms with Crippen molar-refractivity contribution in [3.05, 3.63) is 59.7 Å². The van der Waals surface area contributed by atoms with E-state index < -0.39 is 10.0 Å². The van der Waals surface area contributed by atoms with Crippen LogP contribution in [0.1, 0.15) is 49.5 Å². The molecule has 2 rings (SSSR count). The Morgan fingerprint density at radius 2 is 1.76 bits per heavy atom. The van der Waals surface area contributed by atoms with Crippen molar-refractivity contribution < 1.29 is 18.0 Å². The summed E-state index contributed by atoms with van der Waals surface area (Å²) in [6.45, 7) is 5.64. The molecular weight excluding hydrogens is 390 g/mol. The van der Waals surface area contributed by atoms with Gasteiger partial charge in [-0.3, -0.25) is 9.59 Å². The highest BCUT2D eigenvalue weighted by atomic mass is 32.2. The van der Waals surface area contributed by atoms with Gasteiger partial charge in [-0.05, 0) is 56.2 Å². The first kappa shape index (κ1) is 22.6. The number of carbonyl (C=O) groups is 2. The van der Waals surface area contributed by atoms with E-state index >= 15 is 0 Å². The molecule has 0 heterocycles. The van der Waals surface area contributed by atoms with Gasteiger partial charge in [-0.2, -0.15) is 0 Å². The third-order valence-corrected chi connectivity index (χ3v) is 5.59. The Morgan fingerprint density at radius 3 is 2.45 bits per heavy atom. The zero-order chi connectivity index (χ0) is 21.4. The number of nitrogens with one attached hydrogen (secondary N) is 3. The van der Waals surface area contributed by atoms with Crippen LogP contribution >= 0.6 is 0 Å². The molecule has 29 heavy (non-hydrogen) atoms. The molecule has 0 saturated heterocycles. The van der Waals surface area contributed by atoms with E-state index in [4.69, 9.17) is 0 Å². The van der Waals surface area contributed by atoms with Crippen molar-refractivity contribution in [1.29, 1.82) is 0 Å². The maximum Gasteiger partial charge on any atom is 0.251 e. The Balaban J connectivity index is 2.05. The second-order valence-electron chi connectivity index (χ2n) is 6.99. The average Bonchev–Trinajstić information content (AvgIpc) is 2.65. The first-order chi connectivity index (χ1) is 13.7. The van der Waals surface area contributed by atoms with Gasteiger partial charge in [-0.15, -0.1) is 0 Å². The van der Waals surface area contributed by atoms with E-state index in [0.717, 1.165) is 12.0 Å². The Morgan fingerprint density at radius 1 is 1.03 bits per heavy atom. The van der Waals surface area contributed by atoms with Crippen LogP contribution in [0.4, 0.5) is 5.69 Å². The molecule has 2 aromatic rings. The van der Waals surface area contributed by atoms with Crippen LogP contribution in [-0.2, 0) is 21.4 Å². The lowest BCUT2D eigenvalue weighted by molar-refractivity contribution is -0.116. The van der Waals surface area contributed by atoms with Gasteiger partial charge in [0.05, 0.1) is 4.90 Å². The van der Waals surface area contributed by atoms with E-state index in [1.807, 2.05) is 13.0 Å². The summed E-state index contributed by atoms with van der Waals surface area (Å²) >= 11 is 0. The van der Waals surface area contributed by atoms with Crippen LogP contribution in [0.5, 0.6) is 0 Å². The van der Waals surface area contributed by atoms with Gasteiger partial charge in [0.1, 0.15) is 0 Å². The highest BCUT2D eigenvalue weighted by Gasteiger charge is 2.17. The minimum absolute atomic E-state index is 0.0412. The van der Waals surface area contributed by atoms with Gasteiger partial charge in [0.25, 0.3) is 5.91 Å². The zero-order valence-corrected chi connectivity index (χ0v) is 17.7. The zero-order valence-electron chi connectivity index (χ0n) is 16.9. The largest absolute Gasteiger partial charge is 0.348 e. The topological polar surface area (TPSA) is 104 Å². The van der Waals surface area contributed by atoms with E-state index in [9.17, 15) is 18.0 Å². The monoisotopic (exact) mass is 417 g/mol. The van der Waals surface area contributed by atoms with Gasteiger partial charge < -0.3 is 10.6 Å². The van der Waals surface area contributed by atoms with Crippen LogP contribution in [0.15, 0.2) is 53.4 Å². The van der Waals surface area contributed by atoms with E-state index in [2.05, 4.69) is 15.4 Å². The number of sulfonamides is 1. The molecule has 2 amide bonds. The normalized spacial score (nSPS) is 11.3. The maximum atomic E-state index is 12.5. The summed E-state index contributed by atoms with van der Waals surface area (Å²) in [5, 5.41) is 5.59. The number of amides is 2. The van der Waals surface area contributed by atoms with Crippen LogP contribution in [0.3, 0.4) is 0 Å². The second-order valence-corrected chi connectivity index (χ2v) is 8.70. The lowest BCUT2D eigenvalue weighted by Gasteiger charge is -2.11. The Labute approximate surface area is 172 Å². The van der Waals surface area contributed by atoms with Gasteiger partial charge in [0.15, 0.2) is 0 Å². The van der Waals surface area contributed by atoms with E-state index in [1.54, 1.807) is 38.1 Å². The fraction of sp³-hybridized carbons (Fsp3) is 0.333. The number of hydrogen-bond donors (Lipinski definition) is 3. The predicted molar refractivity (Wildman–Crippen MR) is 113 cm³/mol. The first-order valence-corrected chi connectivity index (χ1v) is 11.0. The van der Waals surface area contributed by atoms with Gasteiger partial charge in [-0.25, -0.2) is 13.1 Å². The molecular formula is C21H27N3O4S. The molecule has 0 atom stereocenters. The molecule has 8 heteroatoms. The van der Waals surface area contributed by atoms with Crippen LogP contribution in [0, 0.1) is 0 Å². The van der Waals surface area contributed by atoms with Crippen molar-refractivity contribution in [1.82, 2.24) is 10.0 Å². The lowest BCUT2D eigenvalue weighted by Crippen LogP contribution is -2.30. The molecule has 2 aromatic carbocycles. The fourth-order valence-electron chi connectivity index (χ4n) is 2.68. The predicted octanol–water partition coefficient (Wildman–Crippen LogP) is 3.04. The van der Waals surface area contributed by atoms with E-state index in [1.165, 1.54) is 18.2 Å². The fourth-order valence-corrected chi connectivity index (χ4v) is 3.97. The third-order valence-electron chi connectivity index (χ3n) is 3.94. The van der Waals surface area contributed by atoms with Crippen LogP contribution < -0.4 is 15.4 Å². The molecule has 0 fully saturated rings. The Kier molecular flexibility index (Phi) is 7.92. The number of carbonyl (C=O) groups excluding carboxylic acids is 2. The smallest absolute Gasteiger partial charge is 0.251 e. The van der Waals surface area contributed by atoms with Crippen molar-refractivity contribution in [3.8, 4) is 0 Å². The molecule has 0 aliphatic rings. The van der Waals surface area contributed by atoms with E-state index in [0.29, 0.717) is 12.1 Å². The molecule has 0 aliphatic carbocycles. The van der Waals surface area contributed by atoms with Crippen molar-refractivity contribution >= 4 is 27.5 Å². The van der Waals surface area contributed by atoms with Gasteiger partial charge in [0, 0.05) is 30.3 Å².